The van der Waals surface area contributed by atoms with Gasteiger partial charge in [0.25, 0.3) is 0 Å². The van der Waals surface area contributed by atoms with E-state index in [-0.39, 0.29) is 5.92 Å². The molecule has 2 amide bonds. The van der Waals surface area contributed by atoms with Crippen molar-refractivity contribution in [1.82, 2.24) is 10.6 Å². The first-order valence-electron chi connectivity index (χ1n) is 6.08. The molecule has 1 aromatic rings. The van der Waals surface area contributed by atoms with Crippen molar-refractivity contribution in [2.45, 2.75) is 25.4 Å². The minimum Gasteiger partial charge on any atom is -0.480 e. The summed E-state index contributed by atoms with van der Waals surface area (Å²) in [5.74, 6) is -0.894. The van der Waals surface area contributed by atoms with Crippen LogP contribution in [0.25, 0.3) is 0 Å². The van der Waals surface area contributed by atoms with E-state index in [1.54, 1.807) is 0 Å². The Morgan fingerprint density at radius 1 is 1.42 bits per heavy atom. The second-order valence-corrected chi connectivity index (χ2v) is 5.53. The van der Waals surface area contributed by atoms with Gasteiger partial charge in [0.1, 0.15) is 6.04 Å². The number of nitrogens with one attached hydrogen (secondary N) is 2. The largest absolute Gasteiger partial charge is 0.480 e. The van der Waals surface area contributed by atoms with Crippen LogP contribution in [-0.2, 0) is 11.3 Å². The molecule has 3 N–H and O–H groups in total. The second-order valence-electron chi connectivity index (χ2n) is 4.61. The van der Waals surface area contributed by atoms with Crippen molar-refractivity contribution in [2.75, 3.05) is 0 Å². The van der Waals surface area contributed by atoms with Crippen LogP contribution in [0, 0.1) is 5.92 Å². The number of carbonyl (C=O) groups excluding carboxylic acids is 1. The Morgan fingerprint density at radius 2 is 2.16 bits per heavy atom. The number of hydrogen-bond acceptors (Lipinski definition) is 2. The van der Waals surface area contributed by atoms with Crippen LogP contribution in [0.4, 0.5) is 4.79 Å². The molecule has 1 aliphatic carbocycles. The predicted molar refractivity (Wildman–Crippen MR) is 73.7 cm³/mol. The number of carboxylic acid groups (broad SMARTS) is 1. The molecule has 19 heavy (non-hydrogen) atoms. The normalized spacial score (nSPS) is 15.6. The minimum absolute atomic E-state index is 0.0779. The summed E-state index contributed by atoms with van der Waals surface area (Å²) in [6.45, 7) is 0.363. The Kier molecular flexibility index (Phi) is 4.42. The minimum atomic E-state index is -0.972. The maximum atomic E-state index is 11.7. The van der Waals surface area contributed by atoms with E-state index >= 15 is 0 Å². The van der Waals surface area contributed by atoms with E-state index in [0.717, 1.165) is 22.9 Å². The number of rotatable bonds is 5. The summed E-state index contributed by atoms with van der Waals surface area (Å²) in [6.07, 6.45) is 1.73. The first-order chi connectivity index (χ1) is 9.06. The van der Waals surface area contributed by atoms with E-state index in [1.165, 1.54) is 0 Å². The monoisotopic (exact) mass is 326 g/mol. The molecular weight excluding hydrogens is 312 g/mol. The molecule has 0 bridgehead atoms. The van der Waals surface area contributed by atoms with Gasteiger partial charge >= 0.3 is 12.0 Å². The van der Waals surface area contributed by atoms with Gasteiger partial charge in [0, 0.05) is 11.0 Å². The molecule has 6 heteroatoms. The zero-order chi connectivity index (χ0) is 13.8. The van der Waals surface area contributed by atoms with Gasteiger partial charge in [-0.25, -0.2) is 9.59 Å². The summed E-state index contributed by atoms with van der Waals surface area (Å²) in [5.41, 5.74) is 0.947. The Labute approximate surface area is 119 Å². The molecule has 0 spiro atoms. The van der Waals surface area contributed by atoms with Crippen LogP contribution in [0.3, 0.4) is 0 Å². The molecule has 1 aromatic carbocycles. The van der Waals surface area contributed by atoms with Crippen molar-refractivity contribution < 1.29 is 14.7 Å². The molecule has 0 aromatic heterocycles. The molecule has 1 atom stereocenters. The lowest BCUT2D eigenvalue weighted by atomic mass is 10.2. The number of aliphatic carboxylic acids is 1. The van der Waals surface area contributed by atoms with Gasteiger partial charge < -0.3 is 15.7 Å². The van der Waals surface area contributed by atoms with Crippen molar-refractivity contribution in [3.63, 3.8) is 0 Å². The third-order valence-corrected chi connectivity index (χ3v) is 3.48. The number of urea groups is 1. The molecule has 1 saturated carbocycles. The maximum Gasteiger partial charge on any atom is 0.326 e. The predicted octanol–water partition coefficient (Wildman–Crippen LogP) is 2.11. The lowest BCUT2D eigenvalue weighted by Crippen LogP contribution is -2.46. The Morgan fingerprint density at radius 3 is 2.74 bits per heavy atom. The van der Waals surface area contributed by atoms with Gasteiger partial charge in [0.2, 0.25) is 0 Å². The van der Waals surface area contributed by atoms with Crippen molar-refractivity contribution in [3.05, 3.63) is 34.3 Å². The summed E-state index contributed by atoms with van der Waals surface area (Å²) in [5, 5.41) is 14.2. The lowest BCUT2D eigenvalue weighted by molar-refractivity contribution is -0.139. The summed E-state index contributed by atoms with van der Waals surface area (Å²) in [4.78, 5) is 22.6. The molecular formula is C13H15BrN2O3. The molecule has 1 unspecified atom stereocenters. The number of carboxylic acids is 1. The Bertz CT molecular complexity index is 489. The fraction of sp³-hybridized carbons (Fsp3) is 0.385. The molecule has 0 saturated heterocycles. The highest BCUT2D eigenvalue weighted by molar-refractivity contribution is 9.10. The van der Waals surface area contributed by atoms with E-state index in [9.17, 15) is 9.59 Å². The smallest absolute Gasteiger partial charge is 0.326 e. The summed E-state index contributed by atoms with van der Waals surface area (Å²) >= 11 is 3.35. The molecule has 1 fully saturated rings. The van der Waals surface area contributed by atoms with E-state index in [2.05, 4.69) is 26.6 Å². The molecule has 0 aliphatic heterocycles. The summed E-state index contributed by atoms with van der Waals surface area (Å²) in [6, 6.07) is 6.35. The van der Waals surface area contributed by atoms with Crippen LogP contribution in [0.15, 0.2) is 28.7 Å². The standard InChI is InChI=1S/C13H15BrN2O3/c14-10-3-1-2-8(6-10)7-15-13(19)16-11(12(17)18)9-4-5-9/h1-3,6,9,11H,4-5,7H2,(H,17,18)(H2,15,16,19). The van der Waals surface area contributed by atoms with Crippen molar-refractivity contribution >= 4 is 27.9 Å². The first-order valence-corrected chi connectivity index (χ1v) is 6.87. The van der Waals surface area contributed by atoms with Gasteiger partial charge in [0.05, 0.1) is 0 Å². The first kappa shape index (κ1) is 13.9. The Balaban J connectivity index is 1.82. The lowest BCUT2D eigenvalue weighted by Gasteiger charge is -2.14. The van der Waals surface area contributed by atoms with Gasteiger partial charge in [-0.15, -0.1) is 0 Å². The van der Waals surface area contributed by atoms with E-state index in [1.807, 2.05) is 24.3 Å². The molecule has 2 rings (SSSR count). The highest BCUT2D eigenvalue weighted by Gasteiger charge is 2.37. The van der Waals surface area contributed by atoms with E-state index in [4.69, 9.17) is 5.11 Å². The molecule has 0 heterocycles. The number of hydrogen-bond donors (Lipinski definition) is 3. The third kappa shape index (κ3) is 4.24. The maximum absolute atomic E-state index is 11.7. The van der Waals surface area contributed by atoms with Crippen LogP contribution >= 0.6 is 15.9 Å². The van der Waals surface area contributed by atoms with Crippen molar-refractivity contribution in [2.24, 2.45) is 5.92 Å². The molecule has 102 valence electrons. The fourth-order valence-electron chi connectivity index (χ4n) is 1.83. The number of amides is 2. The van der Waals surface area contributed by atoms with Crippen LogP contribution in [-0.4, -0.2) is 23.1 Å². The summed E-state index contributed by atoms with van der Waals surface area (Å²) < 4.78 is 0.939. The van der Waals surface area contributed by atoms with Crippen LogP contribution in [0.1, 0.15) is 18.4 Å². The van der Waals surface area contributed by atoms with Crippen molar-refractivity contribution in [1.29, 1.82) is 0 Å². The fourth-order valence-corrected chi connectivity index (χ4v) is 2.28. The van der Waals surface area contributed by atoms with Gasteiger partial charge in [-0.1, -0.05) is 28.1 Å². The third-order valence-electron chi connectivity index (χ3n) is 2.99. The number of halogens is 1. The highest BCUT2D eigenvalue weighted by atomic mass is 79.9. The van der Waals surface area contributed by atoms with Gasteiger partial charge in [-0.05, 0) is 36.5 Å². The van der Waals surface area contributed by atoms with Gasteiger partial charge in [-0.2, -0.15) is 0 Å². The highest BCUT2D eigenvalue weighted by Crippen LogP contribution is 2.32. The van der Waals surface area contributed by atoms with Crippen LogP contribution < -0.4 is 10.6 Å². The number of carbonyl (C=O) groups is 2. The molecule has 5 nitrogen and oxygen atoms in total. The van der Waals surface area contributed by atoms with E-state index in [0.29, 0.717) is 6.54 Å². The number of benzene rings is 1. The van der Waals surface area contributed by atoms with Crippen molar-refractivity contribution in [3.8, 4) is 0 Å². The zero-order valence-electron chi connectivity index (χ0n) is 10.2. The SMILES string of the molecule is O=C(NCc1cccc(Br)c1)NC(C(=O)O)C1CC1. The van der Waals surface area contributed by atoms with E-state index < -0.39 is 18.0 Å². The molecule has 1 aliphatic rings. The summed E-state index contributed by atoms with van der Waals surface area (Å²) in [7, 11) is 0. The average Bonchev–Trinajstić information content (AvgIpc) is 3.17. The zero-order valence-corrected chi connectivity index (χ0v) is 11.8. The van der Waals surface area contributed by atoms with Gasteiger partial charge in [0.15, 0.2) is 0 Å². The second kappa shape index (κ2) is 6.06. The molecule has 0 radical (unpaired) electrons. The quantitative estimate of drug-likeness (QED) is 0.775. The van der Waals surface area contributed by atoms with Crippen LogP contribution in [0.2, 0.25) is 0 Å². The topological polar surface area (TPSA) is 78.4 Å². The average molecular weight is 327 g/mol. The van der Waals surface area contributed by atoms with Gasteiger partial charge in [-0.3, -0.25) is 0 Å². The Hall–Kier alpha value is -1.56. The van der Waals surface area contributed by atoms with Crippen LogP contribution in [0.5, 0.6) is 0 Å².